The summed E-state index contributed by atoms with van der Waals surface area (Å²) in [5.41, 5.74) is 4.28. The monoisotopic (exact) mass is 1100 g/mol. The van der Waals surface area contributed by atoms with Crippen molar-refractivity contribution >= 4 is 122 Å². The Labute approximate surface area is 443 Å². The minimum Gasteiger partial charge on any atom is -0.372 e. The number of Topliss-reactive ketones (excluding diaryl/α,β-unsaturated/α-hetero) is 2. The molecule has 0 fully saturated rings. The Morgan fingerprint density at radius 1 is 0.649 bits per heavy atom. The van der Waals surface area contributed by atoms with Gasteiger partial charge in [-0.05, 0) is 123 Å². The van der Waals surface area contributed by atoms with E-state index in [2.05, 4.69) is 68.6 Å². The summed E-state index contributed by atoms with van der Waals surface area (Å²) in [6.07, 6.45) is 1.66. The summed E-state index contributed by atoms with van der Waals surface area (Å²) in [6, 6.07) is 18.9. The SMILES string of the molecule is CCN(CC)c1ccc(N=Nc2cc3c(s2)C(=O)CC(C)(C)C3)c(Nc2nc(Nc3cc(N(CC)CC)ccc3N=Nc3sc4c(c3S(=O)(=O)O)CC(C)(C)CC4=O)nc(SCc3cccc(S(=O)(=O)O)c3)n2)c1. The molecule has 3 aromatic carbocycles. The smallest absolute Gasteiger partial charge is 0.297 e. The molecule has 3 aromatic heterocycles. The van der Waals surface area contributed by atoms with E-state index in [1.165, 1.54) is 41.3 Å². The first-order valence-corrected chi connectivity index (χ1v) is 29.4. The molecule has 390 valence electrons. The van der Waals surface area contributed by atoms with E-state index in [4.69, 9.17) is 15.0 Å². The molecule has 8 rings (SSSR count). The first-order chi connectivity index (χ1) is 35.0. The van der Waals surface area contributed by atoms with Gasteiger partial charge in [-0.1, -0.05) is 51.6 Å². The number of carbonyl (C=O) groups excluding carboxylic acids is 2. The van der Waals surface area contributed by atoms with Gasteiger partial charge in [-0.15, -0.1) is 43.1 Å². The summed E-state index contributed by atoms with van der Waals surface area (Å²) < 4.78 is 70.2. The zero-order valence-corrected chi connectivity index (χ0v) is 46.2. The highest BCUT2D eigenvalue weighted by Gasteiger charge is 2.39. The van der Waals surface area contributed by atoms with Gasteiger partial charge in [-0.2, -0.15) is 31.8 Å². The highest BCUT2D eigenvalue weighted by molar-refractivity contribution is 7.98. The third-order valence-electron chi connectivity index (χ3n) is 12.5. The fourth-order valence-electron chi connectivity index (χ4n) is 9.05. The number of thiophene rings is 2. The summed E-state index contributed by atoms with van der Waals surface area (Å²) in [5.74, 6) is 0.169. The van der Waals surface area contributed by atoms with Crippen LogP contribution in [0.3, 0.4) is 0 Å². The number of hydrogen-bond donors (Lipinski definition) is 4. The fourth-order valence-corrected chi connectivity index (χ4v) is 13.5. The molecule has 0 radical (unpaired) electrons. The Kier molecular flexibility index (Phi) is 15.9. The molecule has 3 heterocycles. The Balaban J connectivity index is 1.22. The summed E-state index contributed by atoms with van der Waals surface area (Å²) in [6.45, 7) is 18.8. The molecule has 2 aliphatic carbocycles. The van der Waals surface area contributed by atoms with Gasteiger partial charge in [0.2, 0.25) is 11.9 Å². The Morgan fingerprint density at radius 3 is 1.76 bits per heavy atom. The van der Waals surface area contributed by atoms with E-state index in [-0.39, 0.29) is 78.7 Å². The second-order valence-corrected chi connectivity index (χ2v) is 25.2. The van der Waals surface area contributed by atoms with E-state index in [0.29, 0.717) is 52.0 Å². The third kappa shape index (κ3) is 12.6. The van der Waals surface area contributed by atoms with Crippen LogP contribution in [0.15, 0.2) is 102 Å². The number of benzene rings is 3. The van der Waals surface area contributed by atoms with Crippen LogP contribution in [0, 0.1) is 10.8 Å². The van der Waals surface area contributed by atoms with Gasteiger partial charge in [0, 0.05) is 56.1 Å². The van der Waals surface area contributed by atoms with Crippen LogP contribution >= 0.6 is 34.4 Å². The Morgan fingerprint density at radius 2 is 1.20 bits per heavy atom. The normalized spacial score (nSPS) is 15.4. The lowest BCUT2D eigenvalue weighted by molar-refractivity contribution is 0.0907. The molecule has 74 heavy (non-hydrogen) atoms. The lowest BCUT2D eigenvalue weighted by atomic mass is 9.76. The molecule has 6 aromatic rings. The molecule has 0 bridgehead atoms. The van der Waals surface area contributed by atoms with Crippen LogP contribution in [0.1, 0.15) is 104 Å². The average molecular weight is 1100 g/mol. The van der Waals surface area contributed by atoms with Crippen molar-refractivity contribution in [3.63, 3.8) is 0 Å². The number of azo groups is 2. The maximum Gasteiger partial charge on any atom is 0.297 e. The molecule has 0 saturated heterocycles. The lowest BCUT2D eigenvalue weighted by Gasteiger charge is -2.28. The summed E-state index contributed by atoms with van der Waals surface area (Å²) in [5, 5.41) is 25.5. The number of anilines is 6. The van der Waals surface area contributed by atoms with Gasteiger partial charge in [-0.25, -0.2) is 0 Å². The molecule has 0 atom stereocenters. The highest BCUT2D eigenvalue weighted by Crippen LogP contribution is 2.48. The van der Waals surface area contributed by atoms with Crippen molar-refractivity contribution in [1.82, 2.24) is 15.0 Å². The molecular weight excluding hydrogens is 1040 g/mol. The number of thioether (sulfide) groups is 1. The number of fused-ring (bicyclic) bond motifs is 2. The first kappa shape index (κ1) is 54.2. The van der Waals surface area contributed by atoms with Crippen molar-refractivity contribution in [3.05, 3.63) is 93.2 Å². The third-order valence-corrected chi connectivity index (χ3v) is 17.6. The van der Waals surface area contributed by atoms with Crippen molar-refractivity contribution in [2.75, 3.05) is 46.6 Å². The van der Waals surface area contributed by atoms with Crippen molar-refractivity contribution in [2.24, 2.45) is 31.3 Å². The minimum atomic E-state index is -4.83. The standard InChI is InChI=1S/C50H57N11O8S5/c1-9-60(10-2)31-16-18-35(56-58-41-21-30-24-49(5,6)26-39(62)42(30)71-41)37(22-31)51-46-53-47(55-48(54-46)70-28-29-14-13-15-33(20-29)73(64,65)66)52-38-23-32(61(11-3)12-4)17-19-36(38)57-59-45-44(74(67,68)69)34-25-50(7,8)27-40(63)43(34)72-45/h13-23H,9-12,24-28H2,1-8H3,(H,64,65,66)(H,67,68,69)(H2,51,52,53,54,55). The second kappa shape index (κ2) is 21.7. The van der Waals surface area contributed by atoms with Crippen molar-refractivity contribution < 1.29 is 35.5 Å². The van der Waals surface area contributed by atoms with Gasteiger partial charge in [-0.3, -0.25) is 18.7 Å². The van der Waals surface area contributed by atoms with Crippen LogP contribution in [-0.4, -0.2) is 78.6 Å². The van der Waals surface area contributed by atoms with E-state index >= 15 is 0 Å². The molecule has 19 nitrogen and oxygen atoms in total. The van der Waals surface area contributed by atoms with Crippen LogP contribution < -0.4 is 20.4 Å². The van der Waals surface area contributed by atoms with E-state index < -0.39 is 30.5 Å². The maximum absolute atomic E-state index is 13.2. The van der Waals surface area contributed by atoms with Gasteiger partial charge in [0.05, 0.1) is 26.0 Å². The van der Waals surface area contributed by atoms with Gasteiger partial charge >= 0.3 is 0 Å². The number of nitrogens with zero attached hydrogens (tertiary/aromatic N) is 9. The van der Waals surface area contributed by atoms with Gasteiger partial charge < -0.3 is 20.4 Å². The second-order valence-electron chi connectivity index (χ2n) is 19.4. The number of hydrogen-bond acceptors (Lipinski definition) is 20. The van der Waals surface area contributed by atoms with Gasteiger partial charge in [0.15, 0.2) is 21.7 Å². The zero-order valence-electron chi connectivity index (χ0n) is 42.1. The van der Waals surface area contributed by atoms with E-state index in [9.17, 15) is 35.5 Å². The highest BCUT2D eigenvalue weighted by atomic mass is 32.2. The first-order valence-electron chi connectivity index (χ1n) is 23.9. The summed E-state index contributed by atoms with van der Waals surface area (Å²) in [7, 11) is -9.31. The molecular formula is C50H57N11O8S5. The van der Waals surface area contributed by atoms with Crippen molar-refractivity contribution in [2.45, 2.75) is 102 Å². The van der Waals surface area contributed by atoms with E-state index in [1.54, 1.807) is 12.1 Å². The molecule has 0 saturated carbocycles. The van der Waals surface area contributed by atoms with Crippen molar-refractivity contribution in [1.29, 1.82) is 0 Å². The number of rotatable bonds is 19. The van der Waals surface area contributed by atoms with E-state index in [1.807, 2.05) is 64.1 Å². The summed E-state index contributed by atoms with van der Waals surface area (Å²) >= 11 is 3.36. The Bertz CT molecular complexity index is 3440. The molecule has 2 aliphatic rings. The lowest BCUT2D eigenvalue weighted by Crippen LogP contribution is -2.26. The number of aromatic nitrogens is 3. The van der Waals surface area contributed by atoms with Crippen LogP contribution in [0.2, 0.25) is 0 Å². The quantitative estimate of drug-likeness (QED) is 0.0334. The van der Waals surface area contributed by atoms with Gasteiger partial charge in [0.1, 0.15) is 21.3 Å². The largest absolute Gasteiger partial charge is 0.372 e. The number of nitrogens with one attached hydrogen (secondary N) is 2. The maximum atomic E-state index is 13.2. The van der Waals surface area contributed by atoms with Crippen LogP contribution in [-0.2, 0) is 38.8 Å². The Hall–Kier alpha value is -6.02. The predicted octanol–water partition coefficient (Wildman–Crippen LogP) is 13.1. The molecule has 0 spiro atoms. The molecule has 0 aliphatic heterocycles. The zero-order chi connectivity index (χ0) is 53.3. The fraction of sp³-hybridized carbons (Fsp3) is 0.380. The molecule has 24 heteroatoms. The minimum absolute atomic E-state index is 0.0442. The molecule has 0 amide bonds. The molecule has 4 N–H and O–H groups in total. The van der Waals surface area contributed by atoms with Crippen LogP contribution in [0.25, 0.3) is 0 Å². The van der Waals surface area contributed by atoms with E-state index in [0.717, 1.165) is 47.8 Å². The van der Waals surface area contributed by atoms with Crippen molar-refractivity contribution in [3.8, 4) is 0 Å². The number of ketones is 2. The number of carbonyl (C=O) groups is 2. The summed E-state index contributed by atoms with van der Waals surface area (Å²) in [4.78, 5) is 45.2. The average Bonchev–Trinajstić information content (AvgIpc) is 3.91. The topological polar surface area (TPSA) is 262 Å². The predicted molar refractivity (Wildman–Crippen MR) is 292 cm³/mol. The van der Waals surface area contributed by atoms with Crippen LogP contribution in [0.5, 0.6) is 0 Å². The molecule has 0 unspecified atom stereocenters. The van der Waals surface area contributed by atoms with Gasteiger partial charge in [0.25, 0.3) is 20.2 Å². The van der Waals surface area contributed by atoms with Crippen LogP contribution in [0.4, 0.5) is 56.0 Å².